The number of aliphatic imine (C=N–C) groups is 1. The summed E-state index contributed by atoms with van der Waals surface area (Å²) in [5.41, 5.74) is 9.99. The van der Waals surface area contributed by atoms with Crippen molar-refractivity contribution in [1.82, 2.24) is 10.2 Å². The number of aryl methyl sites for hydroxylation is 1. The molecule has 0 saturated heterocycles. The van der Waals surface area contributed by atoms with Gasteiger partial charge in [0.15, 0.2) is 5.96 Å². The van der Waals surface area contributed by atoms with Gasteiger partial charge in [-0.2, -0.15) is 0 Å². The van der Waals surface area contributed by atoms with Crippen LogP contribution in [0.4, 0.5) is 5.69 Å². The number of benzene rings is 1. The molecule has 1 aromatic heterocycles. The second-order valence-electron chi connectivity index (χ2n) is 7.23. The highest BCUT2D eigenvalue weighted by molar-refractivity contribution is 7.11. The molecule has 0 radical (unpaired) electrons. The monoisotopic (exact) mass is 343 g/mol. The maximum atomic E-state index is 6.07. The number of hydrogen-bond donors (Lipinski definition) is 2. The third-order valence-electron chi connectivity index (χ3n) is 4.15. The fourth-order valence-electron chi connectivity index (χ4n) is 2.85. The molecule has 1 aliphatic rings. The van der Waals surface area contributed by atoms with Gasteiger partial charge in [0.05, 0.1) is 6.54 Å². The van der Waals surface area contributed by atoms with Crippen LogP contribution in [0.15, 0.2) is 23.2 Å². The first-order chi connectivity index (χ1) is 11.4. The zero-order valence-corrected chi connectivity index (χ0v) is 15.4. The summed E-state index contributed by atoms with van der Waals surface area (Å²) in [6, 6.07) is 6.37. The maximum Gasteiger partial charge on any atom is 0.193 e. The Balaban J connectivity index is 1.68. The third kappa shape index (κ3) is 3.93. The van der Waals surface area contributed by atoms with E-state index in [4.69, 9.17) is 5.73 Å². The number of guanidine groups is 1. The fourth-order valence-corrected chi connectivity index (χ4v) is 3.67. The molecule has 1 heterocycles. The number of aromatic nitrogens is 2. The number of nitrogens with zero attached hydrogens (tertiary/aromatic N) is 3. The first-order valence-electron chi connectivity index (χ1n) is 8.44. The summed E-state index contributed by atoms with van der Waals surface area (Å²) in [5, 5.41) is 13.6. The normalized spacial score (nSPS) is 15.2. The molecule has 0 unspecified atom stereocenters. The first kappa shape index (κ1) is 16.9. The molecular formula is C18H25N5S. The SMILES string of the molecule is CC(C)(C)c1nnc(CN=C(N)Nc2cccc3c2CCCC3)s1. The van der Waals surface area contributed by atoms with Crippen molar-refractivity contribution in [3.05, 3.63) is 39.3 Å². The molecule has 0 aliphatic heterocycles. The van der Waals surface area contributed by atoms with Crippen molar-refractivity contribution >= 4 is 23.0 Å². The summed E-state index contributed by atoms with van der Waals surface area (Å²) in [6.45, 7) is 6.86. The second-order valence-corrected chi connectivity index (χ2v) is 8.29. The van der Waals surface area contributed by atoms with E-state index < -0.39 is 0 Å². The van der Waals surface area contributed by atoms with E-state index in [0.717, 1.165) is 28.5 Å². The Kier molecular flexibility index (Phi) is 4.85. The van der Waals surface area contributed by atoms with Gasteiger partial charge in [0.2, 0.25) is 0 Å². The van der Waals surface area contributed by atoms with Gasteiger partial charge >= 0.3 is 0 Å². The predicted octanol–water partition coefficient (Wildman–Crippen LogP) is 3.64. The van der Waals surface area contributed by atoms with Gasteiger partial charge in [-0.3, -0.25) is 0 Å². The van der Waals surface area contributed by atoms with Crippen LogP contribution in [0.5, 0.6) is 0 Å². The van der Waals surface area contributed by atoms with Crippen molar-refractivity contribution in [2.24, 2.45) is 10.7 Å². The summed E-state index contributed by atoms with van der Waals surface area (Å²) in [7, 11) is 0. The van der Waals surface area contributed by atoms with Crippen LogP contribution >= 0.6 is 11.3 Å². The molecule has 3 N–H and O–H groups in total. The minimum absolute atomic E-state index is 0.0204. The highest BCUT2D eigenvalue weighted by atomic mass is 32.1. The molecule has 0 saturated carbocycles. The van der Waals surface area contributed by atoms with Gasteiger partial charge < -0.3 is 11.1 Å². The van der Waals surface area contributed by atoms with Gasteiger partial charge in [-0.15, -0.1) is 10.2 Å². The Morgan fingerprint density at radius 3 is 2.79 bits per heavy atom. The van der Waals surface area contributed by atoms with E-state index in [0.29, 0.717) is 12.5 Å². The molecule has 0 fully saturated rings. The van der Waals surface area contributed by atoms with Crippen molar-refractivity contribution < 1.29 is 0 Å². The van der Waals surface area contributed by atoms with E-state index in [2.05, 4.69) is 59.5 Å². The largest absolute Gasteiger partial charge is 0.370 e. The second kappa shape index (κ2) is 6.89. The standard InChI is InChI=1S/C18H25N5S/c1-18(2,3)16-23-22-15(24-16)11-20-17(19)21-14-10-6-8-12-7-4-5-9-13(12)14/h6,8,10H,4-5,7,9,11H2,1-3H3,(H3,19,20,21). The van der Waals surface area contributed by atoms with Crippen LogP contribution in [0.3, 0.4) is 0 Å². The van der Waals surface area contributed by atoms with Crippen LogP contribution in [0.1, 0.15) is 54.8 Å². The lowest BCUT2D eigenvalue weighted by molar-refractivity contribution is 0.577. The van der Waals surface area contributed by atoms with E-state index in [1.807, 2.05) is 0 Å². The van der Waals surface area contributed by atoms with Crippen molar-refractivity contribution in [1.29, 1.82) is 0 Å². The van der Waals surface area contributed by atoms with Crippen LogP contribution in [-0.2, 0) is 24.8 Å². The molecule has 24 heavy (non-hydrogen) atoms. The van der Waals surface area contributed by atoms with E-state index in [-0.39, 0.29) is 5.41 Å². The van der Waals surface area contributed by atoms with E-state index in [1.54, 1.807) is 11.3 Å². The van der Waals surface area contributed by atoms with Gasteiger partial charge in [-0.1, -0.05) is 44.2 Å². The quantitative estimate of drug-likeness (QED) is 0.659. The molecule has 0 atom stereocenters. The molecule has 6 heteroatoms. The summed E-state index contributed by atoms with van der Waals surface area (Å²) in [5.74, 6) is 0.432. The lowest BCUT2D eigenvalue weighted by Crippen LogP contribution is -2.24. The van der Waals surface area contributed by atoms with Crippen molar-refractivity contribution in [2.45, 2.75) is 58.4 Å². The smallest absolute Gasteiger partial charge is 0.193 e. The van der Waals surface area contributed by atoms with Crippen LogP contribution in [0.2, 0.25) is 0 Å². The van der Waals surface area contributed by atoms with Gasteiger partial charge in [0, 0.05) is 11.1 Å². The van der Waals surface area contributed by atoms with Gasteiger partial charge in [0.25, 0.3) is 0 Å². The summed E-state index contributed by atoms with van der Waals surface area (Å²) >= 11 is 1.60. The van der Waals surface area contributed by atoms with Crippen molar-refractivity contribution in [3.8, 4) is 0 Å². The molecule has 0 bridgehead atoms. The molecule has 0 amide bonds. The summed E-state index contributed by atoms with van der Waals surface area (Å²) < 4.78 is 0. The topological polar surface area (TPSA) is 76.2 Å². The number of anilines is 1. The molecule has 3 rings (SSSR count). The molecule has 2 aromatic rings. The summed E-state index contributed by atoms with van der Waals surface area (Å²) in [6.07, 6.45) is 4.77. The minimum atomic E-state index is 0.0204. The minimum Gasteiger partial charge on any atom is -0.370 e. The average molecular weight is 344 g/mol. The maximum absolute atomic E-state index is 6.07. The Bertz CT molecular complexity index is 742. The highest BCUT2D eigenvalue weighted by Gasteiger charge is 2.19. The Hall–Kier alpha value is -1.95. The van der Waals surface area contributed by atoms with E-state index in [9.17, 15) is 0 Å². The molecule has 1 aliphatic carbocycles. The number of nitrogens with two attached hydrogens (primary N) is 1. The van der Waals surface area contributed by atoms with E-state index >= 15 is 0 Å². The lowest BCUT2D eigenvalue weighted by Gasteiger charge is -2.19. The number of rotatable bonds is 3. The Labute approximate surface area is 147 Å². The van der Waals surface area contributed by atoms with Crippen LogP contribution in [0.25, 0.3) is 0 Å². The van der Waals surface area contributed by atoms with Gasteiger partial charge in [0.1, 0.15) is 10.0 Å². The highest BCUT2D eigenvalue weighted by Crippen LogP contribution is 2.28. The number of hydrogen-bond acceptors (Lipinski definition) is 4. The molecular weight excluding hydrogens is 318 g/mol. The van der Waals surface area contributed by atoms with Gasteiger partial charge in [-0.25, -0.2) is 4.99 Å². The predicted molar refractivity (Wildman–Crippen MR) is 101 cm³/mol. The lowest BCUT2D eigenvalue weighted by atomic mass is 9.90. The molecule has 1 aromatic carbocycles. The molecule has 0 spiro atoms. The molecule has 5 nitrogen and oxygen atoms in total. The third-order valence-corrected chi connectivity index (χ3v) is 5.49. The Morgan fingerprint density at radius 1 is 1.25 bits per heavy atom. The van der Waals surface area contributed by atoms with Crippen LogP contribution in [0, 0.1) is 0 Å². The molecule has 128 valence electrons. The Morgan fingerprint density at radius 2 is 2.04 bits per heavy atom. The van der Waals surface area contributed by atoms with E-state index in [1.165, 1.54) is 24.0 Å². The van der Waals surface area contributed by atoms with Gasteiger partial charge in [-0.05, 0) is 42.9 Å². The van der Waals surface area contributed by atoms with Crippen LogP contribution < -0.4 is 11.1 Å². The summed E-state index contributed by atoms with van der Waals surface area (Å²) in [4.78, 5) is 4.43. The fraction of sp³-hybridized carbons (Fsp3) is 0.500. The number of nitrogens with one attached hydrogen (secondary N) is 1. The zero-order valence-electron chi connectivity index (χ0n) is 14.6. The van der Waals surface area contributed by atoms with Crippen molar-refractivity contribution in [3.63, 3.8) is 0 Å². The number of fused-ring (bicyclic) bond motifs is 1. The first-order valence-corrected chi connectivity index (χ1v) is 9.26. The average Bonchev–Trinajstić information content (AvgIpc) is 3.03. The van der Waals surface area contributed by atoms with Crippen LogP contribution in [-0.4, -0.2) is 16.2 Å². The zero-order chi connectivity index (χ0) is 17.2. The van der Waals surface area contributed by atoms with Crippen molar-refractivity contribution in [2.75, 3.05) is 5.32 Å².